The molecule has 0 radical (unpaired) electrons. The maximum absolute atomic E-state index is 14.6. The van der Waals surface area contributed by atoms with Gasteiger partial charge in [0, 0.05) is 36.3 Å². The topological polar surface area (TPSA) is 66.8 Å². The molecular formula is C22H17F4N5O. The number of H-pyrrole nitrogens is 1. The van der Waals surface area contributed by atoms with E-state index in [9.17, 15) is 22.4 Å². The number of carbonyl (C=O) groups excluding carboxylic acids is 1. The molecule has 0 bridgehead atoms. The summed E-state index contributed by atoms with van der Waals surface area (Å²) in [5.41, 5.74) is 2.16. The molecule has 4 aromatic rings. The van der Waals surface area contributed by atoms with Crippen molar-refractivity contribution in [2.75, 3.05) is 6.54 Å². The predicted octanol–water partition coefficient (Wildman–Crippen LogP) is 4.28. The molecule has 1 N–H and O–H groups in total. The van der Waals surface area contributed by atoms with E-state index in [4.69, 9.17) is 0 Å². The van der Waals surface area contributed by atoms with Gasteiger partial charge in [-0.05, 0) is 31.5 Å². The molecule has 4 heterocycles. The summed E-state index contributed by atoms with van der Waals surface area (Å²) < 4.78 is 57.1. The molecule has 0 spiro atoms. The summed E-state index contributed by atoms with van der Waals surface area (Å²) in [4.78, 5) is 21.6. The van der Waals surface area contributed by atoms with Crippen LogP contribution < -0.4 is 0 Å². The number of nitrogens with one attached hydrogen (secondary N) is 1. The number of carbonyl (C=O) groups is 1. The van der Waals surface area contributed by atoms with Crippen LogP contribution in [-0.2, 0) is 13.5 Å². The molecule has 6 nitrogen and oxygen atoms in total. The second-order valence-electron chi connectivity index (χ2n) is 7.74. The number of hydrogen-bond acceptors (Lipinski definition) is 3. The Morgan fingerprint density at radius 2 is 1.88 bits per heavy atom. The summed E-state index contributed by atoms with van der Waals surface area (Å²) >= 11 is 0. The van der Waals surface area contributed by atoms with Crippen molar-refractivity contribution < 1.29 is 22.4 Å². The second kappa shape index (κ2) is 7.18. The molecule has 1 aromatic carbocycles. The van der Waals surface area contributed by atoms with E-state index in [0.717, 1.165) is 18.3 Å². The summed E-state index contributed by atoms with van der Waals surface area (Å²) in [6.07, 6.45) is 2.92. The summed E-state index contributed by atoms with van der Waals surface area (Å²) in [5, 5.41) is 4.84. The van der Waals surface area contributed by atoms with Crippen molar-refractivity contribution in [2.24, 2.45) is 7.05 Å². The SMILES string of the molecule is C[C@H]1c2nn(C)c(-c3cc(F)c(F)c(F)c3)c2CCN1C(=O)c1c(F)cnc2[nH]ccc12. The summed E-state index contributed by atoms with van der Waals surface area (Å²) in [7, 11) is 1.61. The van der Waals surface area contributed by atoms with Gasteiger partial charge in [0.05, 0.1) is 29.2 Å². The third-order valence-electron chi connectivity index (χ3n) is 5.91. The van der Waals surface area contributed by atoms with Crippen LogP contribution in [0.4, 0.5) is 17.6 Å². The number of rotatable bonds is 2. The molecule has 1 aliphatic rings. The quantitative estimate of drug-likeness (QED) is 0.372. The fraction of sp³-hybridized carbons (Fsp3) is 0.227. The highest BCUT2D eigenvalue weighted by Gasteiger charge is 2.35. The summed E-state index contributed by atoms with van der Waals surface area (Å²) in [6.45, 7) is 2.00. The van der Waals surface area contributed by atoms with Crippen LogP contribution in [0.25, 0.3) is 22.3 Å². The van der Waals surface area contributed by atoms with Crippen molar-refractivity contribution in [3.8, 4) is 11.3 Å². The van der Waals surface area contributed by atoms with Gasteiger partial charge in [-0.1, -0.05) is 0 Å². The van der Waals surface area contributed by atoms with Gasteiger partial charge in [-0.3, -0.25) is 9.48 Å². The Hall–Kier alpha value is -3.69. The zero-order valence-corrected chi connectivity index (χ0v) is 17.1. The van der Waals surface area contributed by atoms with Crippen molar-refractivity contribution in [2.45, 2.75) is 19.4 Å². The number of aromatic nitrogens is 4. The number of nitrogens with zero attached hydrogens (tertiary/aromatic N) is 4. The van der Waals surface area contributed by atoms with E-state index in [1.165, 1.54) is 9.58 Å². The molecule has 1 atom stereocenters. The minimum atomic E-state index is -1.54. The van der Waals surface area contributed by atoms with Gasteiger partial charge in [-0.25, -0.2) is 22.5 Å². The lowest BCUT2D eigenvalue weighted by atomic mass is 9.94. The first-order valence-electron chi connectivity index (χ1n) is 9.91. The Morgan fingerprint density at radius 1 is 1.16 bits per heavy atom. The van der Waals surface area contributed by atoms with Gasteiger partial charge in [-0.2, -0.15) is 5.10 Å². The average molecular weight is 443 g/mol. The predicted molar refractivity (Wildman–Crippen MR) is 108 cm³/mol. The third kappa shape index (κ3) is 2.89. The molecule has 0 saturated heterocycles. The van der Waals surface area contributed by atoms with Gasteiger partial charge in [-0.15, -0.1) is 0 Å². The Balaban J connectivity index is 1.56. The van der Waals surface area contributed by atoms with Gasteiger partial charge in [0.25, 0.3) is 5.91 Å². The number of aromatic amines is 1. The minimum Gasteiger partial charge on any atom is -0.346 e. The van der Waals surface area contributed by atoms with Crippen molar-refractivity contribution in [1.29, 1.82) is 0 Å². The molecule has 1 aliphatic heterocycles. The molecule has 0 fully saturated rings. The Morgan fingerprint density at radius 3 is 2.59 bits per heavy atom. The van der Waals surface area contributed by atoms with E-state index in [0.29, 0.717) is 34.4 Å². The van der Waals surface area contributed by atoms with Gasteiger partial charge >= 0.3 is 0 Å². The number of hydrogen-bond donors (Lipinski definition) is 1. The van der Waals surface area contributed by atoms with Gasteiger partial charge in [0.1, 0.15) is 5.65 Å². The fourth-order valence-electron chi connectivity index (χ4n) is 4.42. The lowest BCUT2D eigenvalue weighted by molar-refractivity contribution is 0.0671. The van der Waals surface area contributed by atoms with Crippen LogP contribution in [0, 0.1) is 23.3 Å². The monoisotopic (exact) mass is 443 g/mol. The van der Waals surface area contributed by atoms with E-state index in [1.54, 1.807) is 26.2 Å². The van der Waals surface area contributed by atoms with Gasteiger partial charge in [0.2, 0.25) is 0 Å². The van der Waals surface area contributed by atoms with Crippen LogP contribution in [0.1, 0.15) is 34.6 Å². The highest BCUT2D eigenvalue weighted by molar-refractivity contribution is 6.06. The normalized spacial score (nSPS) is 15.9. The molecule has 164 valence electrons. The van der Waals surface area contributed by atoms with Crippen molar-refractivity contribution >= 4 is 16.9 Å². The van der Waals surface area contributed by atoms with Crippen LogP contribution in [0.2, 0.25) is 0 Å². The molecular weight excluding hydrogens is 426 g/mol. The molecule has 0 saturated carbocycles. The molecule has 0 aliphatic carbocycles. The van der Waals surface area contributed by atoms with Gasteiger partial charge < -0.3 is 9.88 Å². The number of aryl methyl sites for hydroxylation is 1. The molecule has 5 rings (SSSR count). The lowest BCUT2D eigenvalue weighted by Crippen LogP contribution is -2.39. The first kappa shape index (κ1) is 20.2. The standard InChI is InChI=1S/C22H17F4N5O/c1-10-19-13(20(30(2)29-19)11-7-14(23)18(26)15(24)8-11)4-6-31(10)22(32)17-12-3-5-27-21(12)28-9-16(17)25/h3,5,7-10H,4,6H2,1-2H3,(H,27,28)/t10-/m0/s1. The fourth-order valence-corrected chi connectivity index (χ4v) is 4.42. The Labute approximate surface area is 179 Å². The molecule has 10 heteroatoms. The van der Waals surface area contributed by atoms with E-state index in [2.05, 4.69) is 15.1 Å². The van der Waals surface area contributed by atoms with Crippen LogP contribution in [-0.4, -0.2) is 37.1 Å². The second-order valence-corrected chi connectivity index (χ2v) is 7.74. The number of amides is 1. The van der Waals surface area contributed by atoms with Crippen LogP contribution in [0.15, 0.2) is 30.6 Å². The first-order chi connectivity index (χ1) is 15.3. The highest BCUT2D eigenvalue weighted by atomic mass is 19.2. The maximum Gasteiger partial charge on any atom is 0.258 e. The number of halogens is 4. The van der Waals surface area contributed by atoms with Crippen molar-refractivity contribution in [3.05, 3.63) is 70.7 Å². The van der Waals surface area contributed by atoms with Crippen LogP contribution in [0.5, 0.6) is 0 Å². The first-order valence-corrected chi connectivity index (χ1v) is 9.91. The molecule has 1 amide bonds. The van der Waals surface area contributed by atoms with Crippen molar-refractivity contribution in [1.82, 2.24) is 24.6 Å². The lowest BCUT2D eigenvalue weighted by Gasteiger charge is -2.33. The van der Waals surface area contributed by atoms with Crippen LogP contribution in [0.3, 0.4) is 0 Å². The van der Waals surface area contributed by atoms with Crippen LogP contribution >= 0.6 is 0 Å². The number of fused-ring (bicyclic) bond motifs is 2. The summed E-state index contributed by atoms with van der Waals surface area (Å²) in [6, 6.07) is 2.91. The number of benzene rings is 1. The Kier molecular flexibility index (Phi) is 4.54. The molecule has 3 aromatic heterocycles. The van der Waals surface area contributed by atoms with E-state index < -0.39 is 35.2 Å². The minimum absolute atomic E-state index is 0.0784. The van der Waals surface area contributed by atoms with E-state index >= 15 is 0 Å². The maximum atomic E-state index is 14.6. The zero-order valence-electron chi connectivity index (χ0n) is 17.1. The number of pyridine rings is 1. The average Bonchev–Trinajstić information content (AvgIpc) is 3.35. The zero-order chi connectivity index (χ0) is 22.7. The third-order valence-corrected chi connectivity index (χ3v) is 5.91. The van der Waals surface area contributed by atoms with E-state index in [1.807, 2.05) is 0 Å². The molecule has 32 heavy (non-hydrogen) atoms. The highest BCUT2D eigenvalue weighted by Crippen LogP contribution is 2.37. The van der Waals surface area contributed by atoms with Gasteiger partial charge in [0.15, 0.2) is 23.3 Å². The summed E-state index contributed by atoms with van der Waals surface area (Å²) in [5.74, 6) is -5.35. The molecule has 0 unspecified atom stereocenters. The Bertz CT molecular complexity index is 1370. The largest absolute Gasteiger partial charge is 0.346 e. The van der Waals surface area contributed by atoms with E-state index in [-0.39, 0.29) is 17.7 Å². The smallest absolute Gasteiger partial charge is 0.258 e. The van der Waals surface area contributed by atoms with Crippen molar-refractivity contribution in [3.63, 3.8) is 0 Å².